The zero-order chi connectivity index (χ0) is 11.7. The van der Waals surface area contributed by atoms with Gasteiger partial charge in [0.25, 0.3) is 0 Å². The van der Waals surface area contributed by atoms with Gasteiger partial charge < -0.3 is 15.8 Å². The number of ether oxygens (including phenoxy) is 1. The van der Waals surface area contributed by atoms with Gasteiger partial charge in [0.15, 0.2) is 0 Å². The van der Waals surface area contributed by atoms with E-state index in [0.29, 0.717) is 13.0 Å². The van der Waals surface area contributed by atoms with Crippen LogP contribution in [0.2, 0.25) is 0 Å². The monoisotopic (exact) mass is 212 g/mol. The third-order valence-corrected chi connectivity index (χ3v) is 1.76. The fourth-order valence-electron chi connectivity index (χ4n) is 0.897. The van der Waals surface area contributed by atoms with Gasteiger partial charge in [-0.25, -0.2) is 0 Å². The highest BCUT2D eigenvalue weighted by Crippen LogP contribution is 1.91. The summed E-state index contributed by atoms with van der Waals surface area (Å²) in [5.74, 6) is 1.72. The van der Waals surface area contributed by atoms with Crippen molar-refractivity contribution in [3.8, 4) is 12.3 Å². The van der Waals surface area contributed by atoms with Gasteiger partial charge in [-0.05, 0) is 6.42 Å². The van der Waals surface area contributed by atoms with E-state index >= 15 is 0 Å². The fraction of sp³-hybridized carbons (Fsp3) is 0.600. The number of nitrogens with one attached hydrogen (secondary N) is 1. The predicted octanol–water partition coefficient (Wildman–Crippen LogP) is -0.594. The van der Waals surface area contributed by atoms with E-state index in [2.05, 4.69) is 16.0 Å². The Kier molecular flexibility index (Phi) is 7.02. The quantitative estimate of drug-likeness (QED) is 0.350. The zero-order valence-electron chi connectivity index (χ0n) is 8.79. The van der Waals surface area contributed by atoms with Gasteiger partial charge in [0.05, 0.1) is 13.2 Å². The average molecular weight is 212 g/mol. The molecule has 1 amide bonds. The molecule has 0 rings (SSSR count). The van der Waals surface area contributed by atoms with Gasteiger partial charge in [-0.15, -0.1) is 12.3 Å². The van der Waals surface area contributed by atoms with Crippen LogP contribution in [0.3, 0.4) is 0 Å². The molecule has 0 aliphatic carbocycles. The first kappa shape index (κ1) is 13.5. The highest BCUT2D eigenvalue weighted by atomic mass is 16.5. The maximum atomic E-state index is 11.2. The van der Waals surface area contributed by atoms with Crippen LogP contribution in [-0.4, -0.2) is 31.6 Å². The van der Waals surface area contributed by atoms with Gasteiger partial charge >= 0.3 is 5.97 Å². The Morgan fingerprint density at radius 2 is 2.27 bits per heavy atom. The summed E-state index contributed by atoms with van der Waals surface area (Å²) >= 11 is 0. The Bertz CT molecular complexity index is 258. The van der Waals surface area contributed by atoms with Crippen LogP contribution < -0.4 is 11.1 Å². The fourth-order valence-corrected chi connectivity index (χ4v) is 0.897. The smallest absolute Gasteiger partial charge is 0.305 e. The normalized spacial score (nSPS) is 11.3. The molecule has 84 valence electrons. The summed E-state index contributed by atoms with van der Waals surface area (Å²) < 4.78 is 4.44. The number of carbonyl (C=O) groups is 2. The molecule has 0 spiro atoms. The topological polar surface area (TPSA) is 81.4 Å². The largest absolute Gasteiger partial charge is 0.469 e. The third-order valence-electron chi connectivity index (χ3n) is 1.76. The van der Waals surface area contributed by atoms with Crippen LogP contribution in [0.25, 0.3) is 0 Å². The molecule has 0 aromatic heterocycles. The number of hydrogen-bond acceptors (Lipinski definition) is 4. The predicted molar refractivity (Wildman–Crippen MR) is 55.7 cm³/mol. The van der Waals surface area contributed by atoms with E-state index in [-0.39, 0.29) is 24.7 Å². The van der Waals surface area contributed by atoms with Crippen molar-refractivity contribution in [1.82, 2.24) is 5.32 Å². The maximum absolute atomic E-state index is 11.2. The molecule has 0 aliphatic rings. The van der Waals surface area contributed by atoms with Gasteiger partial charge in [0, 0.05) is 19.4 Å². The Morgan fingerprint density at radius 3 is 2.80 bits per heavy atom. The number of rotatable bonds is 6. The van der Waals surface area contributed by atoms with Gasteiger partial charge in [-0.2, -0.15) is 0 Å². The van der Waals surface area contributed by atoms with Crippen LogP contribution in [0.15, 0.2) is 0 Å². The molecule has 0 saturated heterocycles. The van der Waals surface area contributed by atoms with E-state index in [9.17, 15) is 9.59 Å². The van der Waals surface area contributed by atoms with E-state index in [1.165, 1.54) is 7.11 Å². The second kappa shape index (κ2) is 7.83. The van der Waals surface area contributed by atoms with Crippen molar-refractivity contribution in [2.75, 3.05) is 13.7 Å². The molecule has 0 bridgehead atoms. The molecule has 0 fully saturated rings. The van der Waals surface area contributed by atoms with Crippen molar-refractivity contribution in [1.29, 1.82) is 0 Å². The zero-order valence-corrected chi connectivity index (χ0v) is 8.79. The third kappa shape index (κ3) is 6.52. The van der Waals surface area contributed by atoms with Crippen LogP contribution >= 0.6 is 0 Å². The van der Waals surface area contributed by atoms with Crippen LogP contribution in [0, 0.1) is 12.3 Å². The summed E-state index contributed by atoms with van der Waals surface area (Å²) in [7, 11) is 1.32. The lowest BCUT2D eigenvalue weighted by molar-refractivity contribution is -0.140. The molecule has 3 N–H and O–H groups in total. The standard InChI is InChI=1S/C10H16N2O3/c1-3-5-8(11)10(14)12-7-4-6-9(13)15-2/h1,8H,4-7,11H2,2H3,(H,12,14). The molecule has 0 aromatic carbocycles. The summed E-state index contributed by atoms with van der Waals surface area (Å²) in [4.78, 5) is 21.9. The average Bonchev–Trinajstić information content (AvgIpc) is 2.23. The van der Waals surface area contributed by atoms with Crippen molar-refractivity contribution in [2.24, 2.45) is 5.73 Å². The minimum absolute atomic E-state index is 0.211. The molecular formula is C10H16N2O3. The molecule has 1 unspecified atom stereocenters. The second-order valence-corrected chi connectivity index (χ2v) is 2.99. The maximum Gasteiger partial charge on any atom is 0.305 e. The van der Waals surface area contributed by atoms with Gasteiger partial charge in [-0.3, -0.25) is 9.59 Å². The van der Waals surface area contributed by atoms with Crippen LogP contribution in [0.1, 0.15) is 19.3 Å². The summed E-state index contributed by atoms with van der Waals surface area (Å²) in [6, 6.07) is -0.673. The van der Waals surface area contributed by atoms with Crippen molar-refractivity contribution in [3.63, 3.8) is 0 Å². The van der Waals surface area contributed by atoms with Crippen LogP contribution in [0.5, 0.6) is 0 Å². The SMILES string of the molecule is C#CCC(N)C(=O)NCCCC(=O)OC. The summed E-state index contributed by atoms with van der Waals surface area (Å²) in [6.45, 7) is 0.395. The number of amides is 1. The molecular weight excluding hydrogens is 196 g/mol. The molecule has 5 heteroatoms. The molecule has 0 saturated carbocycles. The lowest BCUT2D eigenvalue weighted by Gasteiger charge is -2.08. The lowest BCUT2D eigenvalue weighted by Crippen LogP contribution is -2.40. The molecule has 5 nitrogen and oxygen atoms in total. The first-order valence-electron chi connectivity index (χ1n) is 4.65. The summed E-state index contributed by atoms with van der Waals surface area (Å²) in [5, 5.41) is 2.58. The lowest BCUT2D eigenvalue weighted by atomic mass is 10.2. The minimum atomic E-state index is -0.673. The van der Waals surface area contributed by atoms with Crippen molar-refractivity contribution in [3.05, 3.63) is 0 Å². The molecule has 0 heterocycles. The second-order valence-electron chi connectivity index (χ2n) is 2.99. The van der Waals surface area contributed by atoms with Crippen molar-refractivity contribution in [2.45, 2.75) is 25.3 Å². The first-order chi connectivity index (χ1) is 7.11. The molecule has 0 aromatic rings. The number of methoxy groups -OCH3 is 1. The number of esters is 1. The summed E-state index contributed by atoms with van der Waals surface area (Å²) in [5.41, 5.74) is 5.45. The molecule has 0 radical (unpaired) electrons. The van der Waals surface area contributed by atoms with E-state index in [4.69, 9.17) is 12.2 Å². The number of hydrogen-bond donors (Lipinski definition) is 2. The van der Waals surface area contributed by atoms with Gasteiger partial charge in [0.1, 0.15) is 0 Å². The Hall–Kier alpha value is -1.54. The van der Waals surface area contributed by atoms with E-state index in [0.717, 1.165) is 0 Å². The van der Waals surface area contributed by atoms with E-state index < -0.39 is 6.04 Å². The molecule has 1 atom stereocenters. The number of nitrogens with two attached hydrogens (primary N) is 1. The van der Waals surface area contributed by atoms with Crippen LogP contribution in [-0.2, 0) is 14.3 Å². The Balaban J connectivity index is 3.56. The highest BCUT2D eigenvalue weighted by molar-refractivity contribution is 5.81. The van der Waals surface area contributed by atoms with Gasteiger partial charge in [0.2, 0.25) is 5.91 Å². The minimum Gasteiger partial charge on any atom is -0.469 e. The van der Waals surface area contributed by atoms with Gasteiger partial charge in [-0.1, -0.05) is 0 Å². The molecule has 15 heavy (non-hydrogen) atoms. The number of carbonyl (C=O) groups excluding carboxylic acids is 2. The van der Waals surface area contributed by atoms with Crippen molar-refractivity contribution < 1.29 is 14.3 Å². The van der Waals surface area contributed by atoms with Crippen molar-refractivity contribution >= 4 is 11.9 Å². The van der Waals surface area contributed by atoms with E-state index in [1.54, 1.807) is 0 Å². The Labute approximate surface area is 89.3 Å². The highest BCUT2D eigenvalue weighted by Gasteiger charge is 2.10. The summed E-state index contributed by atoms with van der Waals surface area (Å²) in [6.07, 6.45) is 6.03. The van der Waals surface area contributed by atoms with Crippen LogP contribution in [0.4, 0.5) is 0 Å². The van der Waals surface area contributed by atoms with E-state index in [1.807, 2.05) is 0 Å². The Morgan fingerprint density at radius 1 is 1.60 bits per heavy atom. The molecule has 0 aliphatic heterocycles. The first-order valence-corrected chi connectivity index (χ1v) is 4.65. The number of terminal acetylenes is 1.